The van der Waals surface area contributed by atoms with Gasteiger partial charge in [0.25, 0.3) is 0 Å². The summed E-state index contributed by atoms with van der Waals surface area (Å²) in [6, 6.07) is 14.4. The van der Waals surface area contributed by atoms with Crippen molar-refractivity contribution in [1.82, 2.24) is 10.6 Å². The molecule has 0 aliphatic carbocycles. The number of aliphatic hydroxyl groups is 1. The van der Waals surface area contributed by atoms with Crippen LogP contribution in [-0.2, 0) is 13.2 Å². The van der Waals surface area contributed by atoms with Crippen molar-refractivity contribution in [3.8, 4) is 11.5 Å². The second-order valence-electron chi connectivity index (χ2n) is 6.26. The topological polar surface area (TPSA) is 62.8 Å². The van der Waals surface area contributed by atoms with Gasteiger partial charge in [-0.05, 0) is 49.7 Å². The molecule has 7 heteroatoms. The normalized spacial score (nSPS) is 9.96. The van der Waals surface area contributed by atoms with Crippen molar-refractivity contribution in [2.24, 2.45) is 0 Å². The molecule has 158 valence electrons. The summed E-state index contributed by atoms with van der Waals surface area (Å²) in [6.07, 6.45) is 1.02. The third-order valence-electron chi connectivity index (χ3n) is 4.07. The summed E-state index contributed by atoms with van der Waals surface area (Å²) < 4.78 is 11.4. The van der Waals surface area contributed by atoms with Crippen LogP contribution in [0.25, 0.3) is 0 Å². The zero-order valence-corrected chi connectivity index (χ0v) is 18.2. The molecule has 2 aromatic carbocycles. The number of rotatable bonds is 12. The Bertz CT molecular complexity index is 655. The Kier molecular flexibility index (Phi) is 14.6. The van der Waals surface area contributed by atoms with E-state index in [1.54, 1.807) is 7.11 Å². The van der Waals surface area contributed by atoms with E-state index in [0.29, 0.717) is 13.2 Å². The molecule has 0 radical (unpaired) electrons. The van der Waals surface area contributed by atoms with Crippen LogP contribution in [0.2, 0.25) is 0 Å². The van der Waals surface area contributed by atoms with Crippen LogP contribution in [0.15, 0.2) is 42.5 Å². The van der Waals surface area contributed by atoms with Crippen LogP contribution in [0, 0.1) is 6.92 Å². The molecule has 0 spiro atoms. The van der Waals surface area contributed by atoms with Crippen LogP contribution < -0.4 is 20.1 Å². The molecule has 2 rings (SSSR count). The van der Waals surface area contributed by atoms with Crippen molar-refractivity contribution >= 4 is 24.8 Å². The summed E-state index contributed by atoms with van der Waals surface area (Å²) in [5, 5.41) is 15.3. The van der Waals surface area contributed by atoms with E-state index in [1.807, 2.05) is 12.1 Å². The SMILES string of the molecule is COc1cc(CNCCCNCCO)ccc1OCc1ccc(C)cc1.Cl.Cl. The van der Waals surface area contributed by atoms with Crippen molar-refractivity contribution < 1.29 is 14.6 Å². The molecule has 28 heavy (non-hydrogen) atoms. The predicted octanol–water partition coefficient (Wildman–Crippen LogP) is 3.49. The van der Waals surface area contributed by atoms with Crippen LogP contribution in [0.3, 0.4) is 0 Å². The lowest BCUT2D eigenvalue weighted by Crippen LogP contribution is -2.23. The molecule has 0 amide bonds. The maximum absolute atomic E-state index is 8.70. The molecule has 0 aromatic heterocycles. The monoisotopic (exact) mass is 430 g/mol. The second-order valence-corrected chi connectivity index (χ2v) is 6.26. The number of halogens is 2. The van der Waals surface area contributed by atoms with Gasteiger partial charge in [-0.2, -0.15) is 0 Å². The van der Waals surface area contributed by atoms with E-state index < -0.39 is 0 Å². The average molecular weight is 431 g/mol. The van der Waals surface area contributed by atoms with Gasteiger partial charge in [-0.25, -0.2) is 0 Å². The number of aliphatic hydroxyl groups excluding tert-OH is 1. The quantitative estimate of drug-likeness (QED) is 0.449. The third kappa shape index (κ3) is 9.62. The Hall–Kier alpha value is -1.50. The van der Waals surface area contributed by atoms with Crippen molar-refractivity contribution in [3.05, 3.63) is 59.2 Å². The van der Waals surface area contributed by atoms with E-state index in [1.165, 1.54) is 5.56 Å². The van der Waals surface area contributed by atoms with Crippen molar-refractivity contribution in [3.63, 3.8) is 0 Å². The molecule has 0 aliphatic heterocycles. The van der Waals surface area contributed by atoms with Crippen LogP contribution in [-0.4, -0.2) is 38.5 Å². The summed E-state index contributed by atoms with van der Waals surface area (Å²) in [4.78, 5) is 0. The molecule has 0 bridgehead atoms. The first kappa shape index (κ1) is 26.5. The van der Waals surface area contributed by atoms with Crippen molar-refractivity contribution in [1.29, 1.82) is 0 Å². The fraction of sp³-hybridized carbons (Fsp3) is 0.429. The molecule has 3 N–H and O–H groups in total. The van der Waals surface area contributed by atoms with Gasteiger partial charge in [-0.3, -0.25) is 0 Å². The van der Waals surface area contributed by atoms with E-state index in [0.717, 1.165) is 48.7 Å². The van der Waals surface area contributed by atoms with E-state index >= 15 is 0 Å². The van der Waals surface area contributed by atoms with Gasteiger partial charge >= 0.3 is 0 Å². The first-order valence-corrected chi connectivity index (χ1v) is 9.10. The zero-order chi connectivity index (χ0) is 18.6. The molecule has 0 atom stereocenters. The van der Waals surface area contributed by atoms with Gasteiger partial charge < -0.3 is 25.2 Å². The van der Waals surface area contributed by atoms with Crippen molar-refractivity contribution in [2.75, 3.05) is 33.4 Å². The van der Waals surface area contributed by atoms with Gasteiger partial charge in [0.2, 0.25) is 0 Å². The van der Waals surface area contributed by atoms with Gasteiger partial charge in [0, 0.05) is 13.1 Å². The minimum atomic E-state index is 0. The molecular formula is C21H32Cl2N2O3. The van der Waals surface area contributed by atoms with Crippen LogP contribution >= 0.6 is 24.8 Å². The molecule has 0 saturated carbocycles. The summed E-state index contributed by atoms with van der Waals surface area (Å²) in [7, 11) is 1.66. The maximum atomic E-state index is 8.70. The molecular weight excluding hydrogens is 399 g/mol. The van der Waals surface area contributed by atoms with Crippen LogP contribution in [0.5, 0.6) is 11.5 Å². The highest BCUT2D eigenvalue weighted by molar-refractivity contribution is 5.85. The molecule has 0 heterocycles. The van der Waals surface area contributed by atoms with Gasteiger partial charge in [0.05, 0.1) is 13.7 Å². The van der Waals surface area contributed by atoms with E-state index in [-0.39, 0.29) is 31.4 Å². The minimum Gasteiger partial charge on any atom is -0.493 e. The Morgan fingerprint density at radius 2 is 1.54 bits per heavy atom. The number of nitrogens with one attached hydrogen (secondary N) is 2. The van der Waals surface area contributed by atoms with Gasteiger partial charge in [-0.1, -0.05) is 35.9 Å². The summed E-state index contributed by atoms with van der Waals surface area (Å²) in [5.74, 6) is 1.51. The second kappa shape index (κ2) is 15.4. The smallest absolute Gasteiger partial charge is 0.161 e. The molecule has 0 saturated heterocycles. The summed E-state index contributed by atoms with van der Waals surface area (Å²) in [6.45, 7) is 6.05. The number of aryl methyl sites for hydroxylation is 1. The lowest BCUT2D eigenvalue weighted by molar-refractivity contribution is 0.284. The first-order chi connectivity index (χ1) is 12.7. The Labute approximate surface area is 180 Å². The molecule has 2 aromatic rings. The molecule has 5 nitrogen and oxygen atoms in total. The van der Waals surface area contributed by atoms with Gasteiger partial charge in [0.1, 0.15) is 6.61 Å². The maximum Gasteiger partial charge on any atom is 0.161 e. The predicted molar refractivity (Wildman–Crippen MR) is 119 cm³/mol. The highest BCUT2D eigenvalue weighted by atomic mass is 35.5. The van der Waals surface area contributed by atoms with E-state index in [4.69, 9.17) is 14.6 Å². The Morgan fingerprint density at radius 3 is 2.21 bits per heavy atom. The average Bonchev–Trinajstić information content (AvgIpc) is 2.67. The Morgan fingerprint density at radius 1 is 0.857 bits per heavy atom. The van der Waals surface area contributed by atoms with Gasteiger partial charge in [0.15, 0.2) is 11.5 Å². The highest BCUT2D eigenvalue weighted by Crippen LogP contribution is 2.28. The molecule has 0 fully saturated rings. The summed E-state index contributed by atoms with van der Waals surface area (Å²) in [5.41, 5.74) is 3.54. The Balaban J connectivity index is 0.00000364. The summed E-state index contributed by atoms with van der Waals surface area (Å²) >= 11 is 0. The first-order valence-electron chi connectivity index (χ1n) is 9.10. The third-order valence-corrected chi connectivity index (χ3v) is 4.07. The van der Waals surface area contributed by atoms with E-state index in [2.05, 4.69) is 47.9 Å². The molecule has 0 unspecified atom stereocenters. The number of hydrogen-bond donors (Lipinski definition) is 3. The largest absolute Gasteiger partial charge is 0.493 e. The minimum absolute atomic E-state index is 0. The van der Waals surface area contributed by atoms with Crippen LogP contribution in [0.4, 0.5) is 0 Å². The standard InChI is InChI=1S/C21H30N2O3.2ClH/c1-17-4-6-18(7-5-17)16-26-20-9-8-19(14-21(20)25-2)15-23-11-3-10-22-12-13-24;;/h4-9,14,22-24H,3,10-13,15-16H2,1-2H3;2*1H. The molecule has 0 aliphatic rings. The number of benzene rings is 2. The van der Waals surface area contributed by atoms with Crippen molar-refractivity contribution in [2.45, 2.75) is 26.5 Å². The fourth-order valence-electron chi connectivity index (χ4n) is 2.56. The van der Waals surface area contributed by atoms with Gasteiger partial charge in [-0.15, -0.1) is 24.8 Å². The van der Waals surface area contributed by atoms with E-state index in [9.17, 15) is 0 Å². The lowest BCUT2D eigenvalue weighted by Gasteiger charge is -2.13. The van der Waals surface area contributed by atoms with Crippen LogP contribution in [0.1, 0.15) is 23.1 Å². The number of methoxy groups -OCH3 is 1. The lowest BCUT2D eigenvalue weighted by atomic mass is 10.1. The fourth-order valence-corrected chi connectivity index (χ4v) is 2.56. The number of hydrogen-bond acceptors (Lipinski definition) is 5. The zero-order valence-electron chi connectivity index (χ0n) is 16.6. The highest BCUT2D eigenvalue weighted by Gasteiger charge is 2.06. The number of ether oxygens (including phenoxy) is 2.